The van der Waals surface area contributed by atoms with E-state index in [0.29, 0.717) is 13.1 Å². The first-order valence-electron chi connectivity index (χ1n) is 10.1. The second kappa shape index (κ2) is 7.44. The summed E-state index contributed by atoms with van der Waals surface area (Å²) in [6, 6.07) is 15.9. The molecule has 0 spiro atoms. The molecule has 2 amide bonds. The number of rotatable bonds is 4. The number of benzene rings is 2. The fourth-order valence-corrected chi connectivity index (χ4v) is 4.01. The van der Waals surface area contributed by atoms with Crippen LogP contribution in [0.1, 0.15) is 26.3 Å². The van der Waals surface area contributed by atoms with E-state index in [-0.39, 0.29) is 11.8 Å². The van der Waals surface area contributed by atoms with E-state index in [4.69, 9.17) is 0 Å². The van der Waals surface area contributed by atoms with Gasteiger partial charge >= 0.3 is 0 Å². The lowest BCUT2D eigenvalue weighted by molar-refractivity contribution is -0.137. The van der Waals surface area contributed by atoms with E-state index in [1.54, 1.807) is 36.9 Å². The Bertz CT molecular complexity index is 1130. The maximum atomic E-state index is 13.0. The summed E-state index contributed by atoms with van der Waals surface area (Å²) in [5.74, 6) is -0.371. The highest BCUT2D eigenvalue weighted by atomic mass is 16.2. The molecule has 3 aromatic rings. The zero-order chi connectivity index (χ0) is 21.5. The van der Waals surface area contributed by atoms with Gasteiger partial charge in [0.2, 0.25) is 11.8 Å². The quantitative estimate of drug-likeness (QED) is 0.664. The highest BCUT2D eigenvalue weighted by molar-refractivity contribution is 6.19. The lowest BCUT2D eigenvalue weighted by Crippen LogP contribution is -2.47. The van der Waals surface area contributed by atoms with Crippen LogP contribution < -0.4 is 15.1 Å². The lowest BCUT2D eigenvalue weighted by atomic mass is 9.90. The second-order valence-electron chi connectivity index (χ2n) is 8.09. The van der Waals surface area contributed by atoms with E-state index in [1.807, 2.05) is 55.5 Å². The number of anilines is 3. The molecule has 0 fully saturated rings. The van der Waals surface area contributed by atoms with Gasteiger partial charge in [0, 0.05) is 37.4 Å². The van der Waals surface area contributed by atoms with Crippen molar-refractivity contribution in [3.05, 3.63) is 60.3 Å². The van der Waals surface area contributed by atoms with Gasteiger partial charge in [-0.3, -0.25) is 14.6 Å². The maximum absolute atomic E-state index is 13.0. The Hall–Kier alpha value is -3.41. The van der Waals surface area contributed by atoms with Gasteiger partial charge in [0.05, 0.1) is 16.9 Å². The van der Waals surface area contributed by atoms with Gasteiger partial charge in [0.15, 0.2) is 0 Å². The number of amides is 2. The Morgan fingerprint density at radius 1 is 1.00 bits per heavy atom. The number of pyridine rings is 1. The highest BCUT2D eigenvalue weighted by Gasteiger charge is 2.45. The molecule has 2 aromatic carbocycles. The number of hydrogen-bond acceptors (Lipinski definition) is 4. The Morgan fingerprint density at radius 3 is 2.57 bits per heavy atom. The zero-order valence-electron chi connectivity index (χ0n) is 17.8. The minimum absolute atomic E-state index is 0.172. The van der Waals surface area contributed by atoms with Crippen LogP contribution in [-0.2, 0) is 16.1 Å². The van der Waals surface area contributed by atoms with Crippen LogP contribution in [0.3, 0.4) is 0 Å². The van der Waals surface area contributed by atoms with Crippen molar-refractivity contribution in [2.45, 2.75) is 27.3 Å². The fourth-order valence-electron chi connectivity index (χ4n) is 4.01. The van der Waals surface area contributed by atoms with Gasteiger partial charge in [-0.05, 0) is 62.7 Å². The SMILES string of the molecule is CCN1C(=O)C(C)(C)C(=O)N(C)c2cc(CNc3cccc4ncccc34)ccc21. The summed E-state index contributed by atoms with van der Waals surface area (Å²) in [5, 5.41) is 4.54. The summed E-state index contributed by atoms with van der Waals surface area (Å²) in [6.45, 7) is 6.42. The number of nitrogens with zero attached hydrogens (tertiary/aromatic N) is 3. The lowest BCUT2D eigenvalue weighted by Gasteiger charge is -2.27. The smallest absolute Gasteiger partial charge is 0.242 e. The van der Waals surface area contributed by atoms with Crippen LogP contribution in [0.5, 0.6) is 0 Å². The molecule has 1 aliphatic heterocycles. The van der Waals surface area contributed by atoms with E-state index >= 15 is 0 Å². The predicted octanol–water partition coefficient (Wildman–Crippen LogP) is 4.20. The third kappa shape index (κ3) is 3.18. The van der Waals surface area contributed by atoms with Gasteiger partial charge in [0.1, 0.15) is 5.41 Å². The van der Waals surface area contributed by atoms with Crippen molar-refractivity contribution in [1.82, 2.24) is 4.98 Å². The first kappa shape index (κ1) is 19.9. The van der Waals surface area contributed by atoms with E-state index in [2.05, 4.69) is 10.3 Å². The number of nitrogens with one attached hydrogen (secondary N) is 1. The van der Waals surface area contributed by atoms with Crippen molar-refractivity contribution in [1.29, 1.82) is 0 Å². The van der Waals surface area contributed by atoms with Gasteiger partial charge in [-0.15, -0.1) is 0 Å². The second-order valence-corrected chi connectivity index (χ2v) is 8.09. The highest BCUT2D eigenvalue weighted by Crippen LogP contribution is 2.38. The van der Waals surface area contributed by atoms with E-state index in [0.717, 1.165) is 33.5 Å². The standard InChI is InChI=1S/C24H26N4O2/c1-5-28-20-12-11-16(14-21(20)27(4)22(29)24(2,3)23(28)30)15-26-19-10-6-9-18-17(19)8-7-13-25-18/h6-14,26H,5,15H2,1-4H3. The van der Waals surface area contributed by atoms with E-state index in [9.17, 15) is 9.59 Å². The van der Waals surface area contributed by atoms with Crippen LogP contribution >= 0.6 is 0 Å². The van der Waals surface area contributed by atoms with Crippen LogP contribution in [0, 0.1) is 5.41 Å². The molecule has 6 heteroatoms. The number of aromatic nitrogens is 1. The average Bonchev–Trinajstić information content (AvgIpc) is 2.81. The molecule has 0 aliphatic carbocycles. The molecule has 2 heterocycles. The first-order chi connectivity index (χ1) is 14.3. The molecule has 1 aliphatic rings. The third-order valence-electron chi connectivity index (χ3n) is 5.76. The Labute approximate surface area is 176 Å². The molecule has 6 nitrogen and oxygen atoms in total. The summed E-state index contributed by atoms with van der Waals surface area (Å²) in [6.07, 6.45) is 1.79. The number of hydrogen-bond donors (Lipinski definition) is 1. The van der Waals surface area contributed by atoms with Crippen molar-refractivity contribution in [3.63, 3.8) is 0 Å². The van der Waals surface area contributed by atoms with Crippen molar-refractivity contribution >= 4 is 39.8 Å². The fraction of sp³-hybridized carbons (Fsp3) is 0.292. The molecule has 1 aromatic heterocycles. The Morgan fingerprint density at radius 2 is 1.80 bits per heavy atom. The van der Waals surface area contributed by atoms with Gasteiger partial charge in [-0.1, -0.05) is 12.1 Å². The van der Waals surface area contributed by atoms with Gasteiger partial charge in [0.25, 0.3) is 0 Å². The molecular weight excluding hydrogens is 376 g/mol. The molecule has 0 saturated carbocycles. The zero-order valence-corrected chi connectivity index (χ0v) is 17.8. The van der Waals surface area contributed by atoms with Crippen LogP contribution in [0.25, 0.3) is 10.9 Å². The number of fused-ring (bicyclic) bond motifs is 2. The Balaban J connectivity index is 1.67. The monoisotopic (exact) mass is 402 g/mol. The largest absolute Gasteiger partial charge is 0.380 e. The molecule has 0 unspecified atom stereocenters. The molecule has 0 saturated heterocycles. The molecular formula is C24H26N4O2. The minimum atomic E-state index is -1.10. The molecule has 0 atom stereocenters. The summed E-state index contributed by atoms with van der Waals surface area (Å²) in [4.78, 5) is 33.7. The van der Waals surface area contributed by atoms with Gasteiger partial charge in [-0.2, -0.15) is 0 Å². The molecule has 154 valence electrons. The molecule has 30 heavy (non-hydrogen) atoms. The normalized spacial score (nSPS) is 15.9. The molecule has 0 radical (unpaired) electrons. The average molecular weight is 402 g/mol. The topological polar surface area (TPSA) is 65.5 Å². The van der Waals surface area contributed by atoms with E-state index < -0.39 is 5.41 Å². The third-order valence-corrected chi connectivity index (χ3v) is 5.76. The van der Waals surface area contributed by atoms with Gasteiger partial charge in [-0.25, -0.2) is 0 Å². The van der Waals surface area contributed by atoms with Crippen molar-refractivity contribution in [2.75, 3.05) is 28.7 Å². The van der Waals surface area contributed by atoms with Gasteiger partial charge < -0.3 is 15.1 Å². The Kier molecular flexibility index (Phi) is 4.94. The number of carbonyl (C=O) groups is 2. The maximum Gasteiger partial charge on any atom is 0.242 e. The molecule has 4 rings (SSSR count). The minimum Gasteiger partial charge on any atom is -0.380 e. The molecule has 1 N–H and O–H groups in total. The van der Waals surface area contributed by atoms with Crippen molar-refractivity contribution < 1.29 is 9.59 Å². The first-order valence-corrected chi connectivity index (χ1v) is 10.1. The van der Waals surface area contributed by atoms with Crippen LogP contribution in [-0.4, -0.2) is 30.4 Å². The van der Waals surface area contributed by atoms with E-state index in [1.165, 1.54) is 0 Å². The van der Waals surface area contributed by atoms with Crippen molar-refractivity contribution in [2.24, 2.45) is 5.41 Å². The summed E-state index contributed by atoms with van der Waals surface area (Å²) >= 11 is 0. The van der Waals surface area contributed by atoms with Crippen LogP contribution in [0.2, 0.25) is 0 Å². The number of carbonyl (C=O) groups excluding carboxylic acids is 2. The summed E-state index contributed by atoms with van der Waals surface area (Å²) < 4.78 is 0. The van der Waals surface area contributed by atoms with Crippen molar-refractivity contribution in [3.8, 4) is 0 Å². The van der Waals surface area contributed by atoms with Crippen LogP contribution in [0.15, 0.2) is 54.7 Å². The summed E-state index contributed by atoms with van der Waals surface area (Å²) in [7, 11) is 1.74. The molecule has 0 bridgehead atoms. The summed E-state index contributed by atoms with van der Waals surface area (Å²) in [5.41, 5.74) is 3.39. The van der Waals surface area contributed by atoms with Crippen LogP contribution in [0.4, 0.5) is 17.1 Å². The predicted molar refractivity (Wildman–Crippen MR) is 121 cm³/mol.